The van der Waals surface area contributed by atoms with Crippen molar-refractivity contribution in [3.63, 3.8) is 0 Å². The summed E-state index contributed by atoms with van der Waals surface area (Å²) < 4.78 is 6.83. The third-order valence-corrected chi connectivity index (χ3v) is 5.55. The van der Waals surface area contributed by atoms with E-state index in [1.54, 1.807) is 12.4 Å². The van der Waals surface area contributed by atoms with Gasteiger partial charge in [0.2, 0.25) is 5.89 Å². The second kappa shape index (κ2) is 7.78. The van der Waals surface area contributed by atoms with E-state index < -0.39 is 11.2 Å². The molecule has 2 N–H and O–H groups in total. The molecule has 1 aromatic carbocycles. The van der Waals surface area contributed by atoms with E-state index in [1.807, 2.05) is 38.1 Å². The van der Waals surface area contributed by atoms with Crippen LogP contribution in [0.25, 0.3) is 22.7 Å². The van der Waals surface area contributed by atoms with E-state index in [-0.39, 0.29) is 11.0 Å². The van der Waals surface area contributed by atoms with Gasteiger partial charge in [-0.25, -0.2) is 4.79 Å². The average molecular weight is 434 g/mol. The molecule has 0 radical (unpaired) electrons. The molecule has 0 aliphatic rings. The van der Waals surface area contributed by atoms with Crippen molar-refractivity contribution < 1.29 is 4.42 Å². The first-order chi connectivity index (χ1) is 15.0. The molecule has 0 atom stereocenters. The van der Waals surface area contributed by atoms with Crippen LogP contribution in [0.3, 0.4) is 0 Å². The minimum absolute atomic E-state index is 0.0252. The van der Waals surface area contributed by atoms with Gasteiger partial charge in [0.25, 0.3) is 5.56 Å². The highest BCUT2D eigenvalue weighted by molar-refractivity contribution is 5.58. The molecule has 32 heavy (non-hydrogen) atoms. The smallest absolute Gasteiger partial charge is 0.388 e. The van der Waals surface area contributed by atoms with Crippen LogP contribution in [0, 0.1) is 0 Å². The monoisotopic (exact) mass is 433 g/mol. The van der Waals surface area contributed by atoms with Crippen molar-refractivity contribution in [1.29, 1.82) is 0 Å². The van der Waals surface area contributed by atoms with Crippen LogP contribution in [-0.4, -0.2) is 25.0 Å². The first-order valence-electron chi connectivity index (χ1n) is 10.5. The number of hydrogen-bond donors (Lipinski definition) is 2. The molecular weight excluding hydrogens is 406 g/mol. The first kappa shape index (κ1) is 21.5. The molecule has 0 amide bonds. The van der Waals surface area contributed by atoms with Gasteiger partial charge in [0.15, 0.2) is 0 Å². The van der Waals surface area contributed by atoms with Crippen molar-refractivity contribution in [2.75, 3.05) is 0 Å². The van der Waals surface area contributed by atoms with E-state index >= 15 is 0 Å². The quantitative estimate of drug-likeness (QED) is 0.497. The Balaban J connectivity index is 1.63. The van der Waals surface area contributed by atoms with Crippen LogP contribution < -0.4 is 11.3 Å². The summed E-state index contributed by atoms with van der Waals surface area (Å²) in [6.07, 6.45) is 3.44. The van der Waals surface area contributed by atoms with Gasteiger partial charge >= 0.3 is 5.76 Å². The minimum Gasteiger partial charge on any atom is -0.388 e. The number of aromatic amines is 2. The van der Waals surface area contributed by atoms with Crippen LogP contribution in [0.4, 0.5) is 0 Å². The van der Waals surface area contributed by atoms with Gasteiger partial charge in [-0.2, -0.15) is 4.68 Å². The molecule has 0 fully saturated rings. The molecule has 0 aliphatic carbocycles. The number of aromatic nitrogens is 5. The maximum atomic E-state index is 12.6. The number of hydrogen-bond acceptors (Lipinski definition) is 5. The molecule has 0 aliphatic heterocycles. The van der Waals surface area contributed by atoms with E-state index in [2.05, 4.69) is 47.1 Å². The zero-order chi connectivity index (χ0) is 23.1. The molecule has 166 valence electrons. The van der Waals surface area contributed by atoms with Crippen LogP contribution in [0.1, 0.15) is 45.7 Å². The lowest BCUT2D eigenvalue weighted by Gasteiger charge is -2.24. The second-order valence-corrected chi connectivity index (χ2v) is 9.68. The molecule has 4 rings (SSSR count). The SMILES string of the molecule is CC(C)(C)c1cccc(-c2nn(CC(C)(C)c3cncc(-c4cc(=O)[nH][nH]4)c3)c(=O)o2)c1. The Labute approximate surface area is 185 Å². The van der Waals surface area contributed by atoms with Crippen LogP contribution >= 0.6 is 0 Å². The van der Waals surface area contributed by atoms with Gasteiger partial charge in [-0.05, 0) is 34.7 Å². The zero-order valence-electron chi connectivity index (χ0n) is 18.9. The Bertz CT molecular complexity index is 1360. The Morgan fingerprint density at radius 1 is 0.938 bits per heavy atom. The fraction of sp³-hybridized carbons (Fsp3) is 0.333. The third kappa shape index (κ3) is 4.34. The van der Waals surface area contributed by atoms with Gasteiger partial charge in [-0.3, -0.25) is 20.0 Å². The molecule has 0 saturated carbocycles. The number of benzene rings is 1. The lowest BCUT2D eigenvalue weighted by molar-refractivity contribution is 0.380. The van der Waals surface area contributed by atoms with Gasteiger partial charge in [0.1, 0.15) is 0 Å². The van der Waals surface area contributed by atoms with Gasteiger partial charge < -0.3 is 4.42 Å². The number of H-pyrrole nitrogens is 2. The highest BCUT2D eigenvalue weighted by Gasteiger charge is 2.26. The lowest BCUT2D eigenvalue weighted by atomic mass is 9.85. The van der Waals surface area contributed by atoms with Crippen LogP contribution in [0.5, 0.6) is 0 Å². The Morgan fingerprint density at radius 3 is 2.38 bits per heavy atom. The van der Waals surface area contributed by atoms with Crippen LogP contribution in [0.15, 0.2) is 62.8 Å². The summed E-state index contributed by atoms with van der Waals surface area (Å²) in [7, 11) is 0. The average Bonchev–Trinajstić information content (AvgIpc) is 3.33. The zero-order valence-corrected chi connectivity index (χ0v) is 18.9. The van der Waals surface area contributed by atoms with Gasteiger partial charge in [0, 0.05) is 35.0 Å². The predicted octanol–water partition coefficient (Wildman–Crippen LogP) is 3.86. The Morgan fingerprint density at radius 2 is 1.69 bits per heavy atom. The van der Waals surface area contributed by atoms with Crippen molar-refractivity contribution >= 4 is 0 Å². The molecule has 8 heteroatoms. The van der Waals surface area contributed by atoms with E-state index in [1.165, 1.54) is 10.7 Å². The van der Waals surface area contributed by atoms with E-state index in [4.69, 9.17) is 4.42 Å². The van der Waals surface area contributed by atoms with Gasteiger partial charge in [-0.15, -0.1) is 5.10 Å². The first-order valence-corrected chi connectivity index (χ1v) is 10.5. The fourth-order valence-electron chi connectivity index (χ4n) is 3.55. The van der Waals surface area contributed by atoms with Crippen molar-refractivity contribution in [2.24, 2.45) is 0 Å². The predicted molar refractivity (Wildman–Crippen MR) is 123 cm³/mol. The molecule has 3 aromatic heterocycles. The van der Waals surface area contributed by atoms with Crippen LogP contribution in [-0.2, 0) is 17.4 Å². The molecule has 3 heterocycles. The van der Waals surface area contributed by atoms with Crippen molar-refractivity contribution in [3.8, 4) is 22.7 Å². The summed E-state index contributed by atoms with van der Waals surface area (Å²) in [5, 5.41) is 9.83. The second-order valence-electron chi connectivity index (χ2n) is 9.68. The number of nitrogens with zero attached hydrogens (tertiary/aromatic N) is 3. The molecule has 4 aromatic rings. The summed E-state index contributed by atoms with van der Waals surface area (Å²) >= 11 is 0. The Hall–Kier alpha value is -3.68. The molecule has 0 saturated heterocycles. The summed E-state index contributed by atoms with van der Waals surface area (Å²) in [6.45, 7) is 10.7. The molecule has 0 bridgehead atoms. The van der Waals surface area contributed by atoms with Crippen molar-refractivity contribution in [1.82, 2.24) is 25.0 Å². The largest absolute Gasteiger partial charge is 0.437 e. The van der Waals surface area contributed by atoms with E-state index in [0.717, 1.165) is 22.3 Å². The van der Waals surface area contributed by atoms with Crippen molar-refractivity contribution in [2.45, 2.75) is 52.0 Å². The molecule has 8 nitrogen and oxygen atoms in total. The van der Waals surface area contributed by atoms with E-state index in [0.29, 0.717) is 18.1 Å². The normalized spacial score (nSPS) is 12.3. The number of nitrogens with one attached hydrogen (secondary N) is 2. The lowest BCUT2D eigenvalue weighted by Crippen LogP contribution is -2.30. The maximum absolute atomic E-state index is 12.6. The Kier molecular flexibility index (Phi) is 5.24. The van der Waals surface area contributed by atoms with Gasteiger partial charge in [-0.1, -0.05) is 46.8 Å². The highest BCUT2D eigenvalue weighted by Crippen LogP contribution is 2.29. The van der Waals surface area contributed by atoms with Crippen LogP contribution in [0.2, 0.25) is 0 Å². The third-order valence-electron chi connectivity index (χ3n) is 5.55. The number of rotatable bonds is 5. The molecule has 0 spiro atoms. The topological polar surface area (TPSA) is 110 Å². The summed E-state index contributed by atoms with van der Waals surface area (Å²) in [5.41, 5.74) is 3.54. The van der Waals surface area contributed by atoms with E-state index in [9.17, 15) is 9.59 Å². The van der Waals surface area contributed by atoms with Crippen molar-refractivity contribution in [3.05, 3.63) is 80.8 Å². The van der Waals surface area contributed by atoms with Gasteiger partial charge in [0.05, 0.1) is 12.2 Å². The minimum atomic E-state index is -0.506. The number of pyridine rings is 1. The summed E-state index contributed by atoms with van der Waals surface area (Å²) in [6, 6.07) is 11.3. The molecular formula is C24H27N5O3. The fourth-order valence-corrected chi connectivity index (χ4v) is 3.55. The summed E-state index contributed by atoms with van der Waals surface area (Å²) in [5.74, 6) is -0.206. The highest BCUT2D eigenvalue weighted by atomic mass is 16.4. The standard InChI is InChI=1S/C24H27N5O3/c1-23(2,3)17-8-6-7-15(9-17)21-28-29(22(31)32-21)14-24(4,5)18-10-16(12-25-13-18)19-11-20(30)27-26-19/h6-13H,14H2,1-5H3,(H2,26,27,30). The maximum Gasteiger partial charge on any atom is 0.437 e. The summed E-state index contributed by atoms with van der Waals surface area (Å²) in [4.78, 5) is 28.3. The molecule has 0 unspecified atom stereocenters.